The predicted octanol–water partition coefficient (Wildman–Crippen LogP) is 3.01. The lowest BCUT2D eigenvalue weighted by atomic mass is 10.1. The number of thiazole rings is 1. The number of fused-ring (bicyclic) bond motifs is 1. The Morgan fingerprint density at radius 3 is 2.76 bits per heavy atom. The Morgan fingerprint density at radius 1 is 1.24 bits per heavy atom. The fraction of sp³-hybridized carbons (Fsp3) is 0.278. The number of aromatic nitrogens is 2. The van der Waals surface area contributed by atoms with Gasteiger partial charge in [-0.2, -0.15) is 0 Å². The van der Waals surface area contributed by atoms with Crippen molar-refractivity contribution < 1.29 is 9.72 Å². The molecule has 150 valence electrons. The Bertz CT molecular complexity index is 1070. The molecular formula is C18H17ClN6O3S. The number of halogens is 1. The number of carbonyl (C=O) groups is 1. The number of hydrogen-bond donors (Lipinski definition) is 1. The Kier molecular flexibility index (Phi) is 5.56. The molecule has 1 aliphatic heterocycles. The van der Waals surface area contributed by atoms with Crippen molar-refractivity contribution in [2.75, 3.05) is 42.9 Å². The van der Waals surface area contributed by atoms with E-state index in [-0.39, 0.29) is 22.6 Å². The highest BCUT2D eigenvalue weighted by atomic mass is 35.5. The predicted molar refractivity (Wildman–Crippen MR) is 113 cm³/mol. The maximum absolute atomic E-state index is 12.2. The Balaban J connectivity index is 1.35. The Hall–Kier alpha value is -2.82. The summed E-state index contributed by atoms with van der Waals surface area (Å²) >= 11 is 6.91. The second-order valence-electron chi connectivity index (χ2n) is 6.56. The van der Waals surface area contributed by atoms with E-state index in [4.69, 9.17) is 11.6 Å². The van der Waals surface area contributed by atoms with Gasteiger partial charge in [0.1, 0.15) is 6.20 Å². The van der Waals surface area contributed by atoms with Crippen molar-refractivity contribution in [2.45, 2.75) is 0 Å². The summed E-state index contributed by atoms with van der Waals surface area (Å²) in [6.45, 7) is 3.22. The van der Waals surface area contributed by atoms with Crippen LogP contribution in [0.5, 0.6) is 0 Å². The molecule has 0 atom stereocenters. The summed E-state index contributed by atoms with van der Waals surface area (Å²) in [5.74, 6) is -0.230. The maximum atomic E-state index is 12.2. The summed E-state index contributed by atoms with van der Waals surface area (Å²) in [4.78, 5) is 35.0. The molecule has 4 rings (SSSR count). The largest absolute Gasteiger partial charge is 0.368 e. The van der Waals surface area contributed by atoms with Crippen LogP contribution in [0.3, 0.4) is 0 Å². The normalized spacial score (nSPS) is 14.9. The topological polar surface area (TPSA) is 104 Å². The molecule has 1 saturated heterocycles. The van der Waals surface area contributed by atoms with E-state index in [2.05, 4.69) is 20.2 Å². The first kappa shape index (κ1) is 19.5. The van der Waals surface area contributed by atoms with Gasteiger partial charge in [0.05, 0.1) is 17.0 Å². The number of nitrogens with one attached hydrogen (secondary N) is 1. The minimum Gasteiger partial charge on any atom is -0.368 e. The van der Waals surface area contributed by atoms with E-state index in [9.17, 15) is 14.9 Å². The van der Waals surface area contributed by atoms with Crippen molar-refractivity contribution in [1.29, 1.82) is 0 Å². The van der Waals surface area contributed by atoms with Crippen molar-refractivity contribution in [3.05, 3.63) is 51.8 Å². The van der Waals surface area contributed by atoms with Crippen molar-refractivity contribution in [3.8, 4) is 0 Å². The molecule has 0 radical (unpaired) electrons. The van der Waals surface area contributed by atoms with Crippen LogP contribution in [-0.2, 0) is 4.79 Å². The molecule has 0 unspecified atom stereocenters. The van der Waals surface area contributed by atoms with Gasteiger partial charge in [0.25, 0.3) is 0 Å². The molecule has 3 heterocycles. The first-order valence-electron chi connectivity index (χ1n) is 8.91. The van der Waals surface area contributed by atoms with Gasteiger partial charge in [-0.3, -0.25) is 24.8 Å². The highest BCUT2D eigenvalue weighted by Crippen LogP contribution is 2.28. The number of carbonyl (C=O) groups excluding carboxylic acids is 1. The van der Waals surface area contributed by atoms with Crippen LogP contribution in [-0.4, -0.2) is 58.4 Å². The summed E-state index contributed by atoms with van der Waals surface area (Å²) < 4.78 is 0. The fourth-order valence-electron chi connectivity index (χ4n) is 3.30. The second kappa shape index (κ2) is 8.27. The van der Waals surface area contributed by atoms with Gasteiger partial charge in [0, 0.05) is 48.5 Å². The minimum absolute atomic E-state index is 0.0974. The van der Waals surface area contributed by atoms with Crippen molar-refractivity contribution in [3.63, 3.8) is 0 Å². The molecule has 11 heteroatoms. The highest BCUT2D eigenvalue weighted by molar-refractivity contribution is 7.18. The van der Waals surface area contributed by atoms with Crippen LogP contribution in [0.15, 0.2) is 36.7 Å². The molecule has 0 spiro atoms. The molecule has 0 bridgehead atoms. The Labute approximate surface area is 175 Å². The highest BCUT2D eigenvalue weighted by Gasteiger charge is 2.21. The van der Waals surface area contributed by atoms with Crippen LogP contribution in [0.2, 0.25) is 5.02 Å². The number of hydrogen-bond acceptors (Lipinski definition) is 8. The SMILES string of the molecule is O=C(CN1CCN(c2ccnc3cc(Cl)ccc23)CC1)Nc1ncc([N+](=O)[O-])s1. The first-order valence-corrected chi connectivity index (χ1v) is 10.1. The molecular weight excluding hydrogens is 416 g/mol. The van der Waals surface area contributed by atoms with Gasteiger partial charge in [-0.05, 0) is 35.6 Å². The van der Waals surface area contributed by atoms with Gasteiger partial charge < -0.3 is 10.2 Å². The number of nitrogens with zero attached hydrogens (tertiary/aromatic N) is 5. The minimum atomic E-state index is -0.525. The molecule has 1 amide bonds. The third-order valence-corrected chi connectivity index (χ3v) is 5.78. The molecule has 2 aromatic heterocycles. The number of anilines is 2. The van der Waals surface area contributed by atoms with Crippen LogP contribution in [0, 0.1) is 10.1 Å². The molecule has 1 N–H and O–H groups in total. The third-order valence-electron chi connectivity index (χ3n) is 4.68. The third kappa shape index (κ3) is 4.44. The number of amides is 1. The molecule has 1 fully saturated rings. The van der Waals surface area contributed by atoms with E-state index in [0.29, 0.717) is 5.02 Å². The molecule has 9 nitrogen and oxygen atoms in total. The lowest BCUT2D eigenvalue weighted by molar-refractivity contribution is -0.380. The monoisotopic (exact) mass is 432 g/mol. The summed E-state index contributed by atoms with van der Waals surface area (Å²) in [6, 6.07) is 7.68. The van der Waals surface area contributed by atoms with Crippen molar-refractivity contribution >= 4 is 55.6 Å². The van der Waals surface area contributed by atoms with Gasteiger partial charge in [0.15, 0.2) is 5.13 Å². The van der Waals surface area contributed by atoms with E-state index >= 15 is 0 Å². The van der Waals surface area contributed by atoms with Gasteiger partial charge in [-0.15, -0.1) is 0 Å². The standard InChI is InChI=1S/C18H17ClN6O3S/c19-12-1-2-13-14(9-12)20-4-3-15(13)24-7-5-23(6-8-24)11-16(26)22-18-21-10-17(29-18)25(27)28/h1-4,9-10H,5-8,11H2,(H,21,22,26). The van der Waals surface area contributed by atoms with E-state index < -0.39 is 4.92 Å². The van der Waals surface area contributed by atoms with E-state index in [1.54, 1.807) is 6.20 Å². The lowest BCUT2D eigenvalue weighted by Crippen LogP contribution is -2.48. The second-order valence-corrected chi connectivity index (χ2v) is 8.01. The molecule has 0 aliphatic carbocycles. The van der Waals surface area contributed by atoms with E-state index in [1.807, 2.05) is 29.2 Å². The van der Waals surface area contributed by atoms with E-state index in [1.165, 1.54) is 0 Å². The zero-order chi connectivity index (χ0) is 20.4. The Morgan fingerprint density at radius 2 is 2.03 bits per heavy atom. The zero-order valence-corrected chi connectivity index (χ0v) is 16.8. The van der Waals surface area contributed by atoms with Gasteiger partial charge >= 0.3 is 5.00 Å². The summed E-state index contributed by atoms with van der Waals surface area (Å²) in [7, 11) is 0. The fourth-order valence-corrected chi connectivity index (χ4v) is 4.11. The van der Waals surface area contributed by atoms with Crippen LogP contribution in [0.1, 0.15) is 0 Å². The maximum Gasteiger partial charge on any atom is 0.345 e. The first-order chi connectivity index (χ1) is 14.0. The zero-order valence-electron chi connectivity index (χ0n) is 15.2. The molecule has 3 aromatic rings. The summed E-state index contributed by atoms with van der Waals surface area (Å²) in [5.41, 5.74) is 1.96. The molecule has 29 heavy (non-hydrogen) atoms. The number of rotatable bonds is 5. The number of piperazine rings is 1. The number of benzene rings is 1. The summed E-state index contributed by atoms with van der Waals surface area (Å²) in [6.07, 6.45) is 2.92. The average Bonchev–Trinajstić information content (AvgIpc) is 3.16. The smallest absolute Gasteiger partial charge is 0.345 e. The molecule has 0 saturated carbocycles. The summed E-state index contributed by atoms with van der Waals surface area (Å²) in [5, 5.41) is 15.2. The van der Waals surface area contributed by atoms with Crippen molar-refractivity contribution in [1.82, 2.24) is 14.9 Å². The van der Waals surface area contributed by atoms with Crippen LogP contribution >= 0.6 is 22.9 Å². The average molecular weight is 433 g/mol. The van der Waals surface area contributed by atoms with Crippen LogP contribution in [0.4, 0.5) is 15.8 Å². The molecule has 1 aromatic carbocycles. The quantitative estimate of drug-likeness (QED) is 0.488. The van der Waals surface area contributed by atoms with Gasteiger partial charge in [0.2, 0.25) is 5.91 Å². The van der Waals surface area contributed by atoms with Gasteiger partial charge in [-0.1, -0.05) is 11.6 Å². The number of pyridine rings is 1. The van der Waals surface area contributed by atoms with Gasteiger partial charge in [-0.25, -0.2) is 4.98 Å². The van der Waals surface area contributed by atoms with Crippen LogP contribution < -0.4 is 10.2 Å². The van der Waals surface area contributed by atoms with E-state index in [0.717, 1.165) is 60.3 Å². The molecule has 1 aliphatic rings. The van der Waals surface area contributed by atoms with Crippen molar-refractivity contribution in [2.24, 2.45) is 0 Å². The van der Waals surface area contributed by atoms with Crippen LogP contribution in [0.25, 0.3) is 10.9 Å². The lowest BCUT2D eigenvalue weighted by Gasteiger charge is -2.36. The number of nitro groups is 1.